The van der Waals surface area contributed by atoms with Crippen molar-refractivity contribution in [1.29, 1.82) is 0 Å². The number of nitro groups is 1. The lowest BCUT2D eigenvalue weighted by atomic mass is 10.2. The smallest absolute Gasteiger partial charge is 0.287 e. The molecule has 0 aromatic carbocycles. The van der Waals surface area contributed by atoms with Crippen LogP contribution in [0.15, 0.2) is 12.3 Å². The Morgan fingerprint density at radius 2 is 2.35 bits per heavy atom. The van der Waals surface area contributed by atoms with Crippen LogP contribution in [0, 0.1) is 10.1 Å². The number of carbonyl (C=O) groups is 1. The average molecular weight is 281 g/mol. The van der Waals surface area contributed by atoms with Gasteiger partial charge in [0.2, 0.25) is 0 Å². The second-order valence-corrected chi connectivity index (χ2v) is 5.01. The quantitative estimate of drug-likeness (QED) is 0.652. The summed E-state index contributed by atoms with van der Waals surface area (Å²) >= 11 is 0. The minimum Gasteiger partial charge on any atom is -0.394 e. The lowest BCUT2D eigenvalue weighted by Gasteiger charge is -2.23. The molecule has 0 bridgehead atoms. The van der Waals surface area contributed by atoms with Gasteiger partial charge in [0.1, 0.15) is 5.69 Å². The van der Waals surface area contributed by atoms with Gasteiger partial charge in [-0.3, -0.25) is 14.9 Å². The predicted molar refractivity (Wildman–Crippen MR) is 72.5 cm³/mol. The Morgan fingerprint density at radius 1 is 1.60 bits per heavy atom. The van der Waals surface area contributed by atoms with Gasteiger partial charge in [-0.2, -0.15) is 0 Å². The summed E-state index contributed by atoms with van der Waals surface area (Å²) in [5, 5.41) is 20.2. The van der Waals surface area contributed by atoms with E-state index in [4.69, 9.17) is 0 Å². The molecule has 7 heteroatoms. The van der Waals surface area contributed by atoms with Crippen molar-refractivity contribution in [3.05, 3.63) is 28.1 Å². The van der Waals surface area contributed by atoms with Gasteiger partial charge >= 0.3 is 0 Å². The molecule has 2 rings (SSSR count). The molecule has 1 aliphatic heterocycles. The van der Waals surface area contributed by atoms with E-state index in [-0.39, 0.29) is 24.2 Å². The zero-order valence-corrected chi connectivity index (χ0v) is 11.5. The fourth-order valence-corrected chi connectivity index (χ4v) is 2.64. The van der Waals surface area contributed by atoms with E-state index >= 15 is 0 Å². The van der Waals surface area contributed by atoms with Crippen molar-refractivity contribution in [2.24, 2.45) is 0 Å². The molecule has 0 unspecified atom stereocenters. The molecular formula is C13H19N3O4. The van der Waals surface area contributed by atoms with Crippen LogP contribution in [0.3, 0.4) is 0 Å². The number of aliphatic hydroxyl groups excluding tert-OH is 1. The fourth-order valence-electron chi connectivity index (χ4n) is 2.64. The van der Waals surface area contributed by atoms with Gasteiger partial charge in [-0.05, 0) is 19.3 Å². The summed E-state index contributed by atoms with van der Waals surface area (Å²) in [6.45, 7) is 3.04. The summed E-state index contributed by atoms with van der Waals surface area (Å²) in [6.07, 6.45) is 3.82. The van der Waals surface area contributed by atoms with Crippen LogP contribution >= 0.6 is 0 Å². The molecule has 20 heavy (non-hydrogen) atoms. The number of hydrogen-bond donors (Lipinski definition) is 1. The third-order valence-electron chi connectivity index (χ3n) is 3.63. The van der Waals surface area contributed by atoms with E-state index in [1.54, 1.807) is 9.47 Å². The van der Waals surface area contributed by atoms with E-state index in [1.165, 1.54) is 12.3 Å². The normalized spacial score (nSPS) is 18.5. The summed E-state index contributed by atoms with van der Waals surface area (Å²) in [4.78, 5) is 24.5. The molecule has 2 heterocycles. The molecule has 1 saturated heterocycles. The van der Waals surface area contributed by atoms with Crippen molar-refractivity contribution in [2.45, 2.75) is 38.8 Å². The maximum Gasteiger partial charge on any atom is 0.287 e. The van der Waals surface area contributed by atoms with Crippen LogP contribution in [0.2, 0.25) is 0 Å². The van der Waals surface area contributed by atoms with E-state index in [2.05, 4.69) is 0 Å². The van der Waals surface area contributed by atoms with E-state index in [9.17, 15) is 20.0 Å². The highest BCUT2D eigenvalue weighted by atomic mass is 16.6. The Kier molecular flexibility index (Phi) is 4.39. The molecule has 1 N–H and O–H groups in total. The summed E-state index contributed by atoms with van der Waals surface area (Å²) in [7, 11) is 0. The highest BCUT2D eigenvalue weighted by Gasteiger charge is 2.31. The summed E-state index contributed by atoms with van der Waals surface area (Å²) < 4.78 is 1.63. The van der Waals surface area contributed by atoms with E-state index in [0.717, 1.165) is 19.3 Å². The molecule has 0 aliphatic carbocycles. The maximum atomic E-state index is 12.5. The fraction of sp³-hybridized carbons (Fsp3) is 0.615. The van der Waals surface area contributed by atoms with Crippen molar-refractivity contribution in [1.82, 2.24) is 9.47 Å². The van der Waals surface area contributed by atoms with Crippen molar-refractivity contribution >= 4 is 11.6 Å². The monoisotopic (exact) mass is 281 g/mol. The van der Waals surface area contributed by atoms with Gasteiger partial charge in [-0.15, -0.1) is 0 Å². The topological polar surface area (TPSA) is 88.6 Å². The highest BCUT2D eigenvalue weighted by Crippen LogP contribution is 2.23. The summed E-state index contributed by atoms with van der Waals surface area (Å²) in [6, 6.07) is 1.15. The molecule has 0 spiro atoms. The number of hydrogen-bond acceptors (Lipinski definition) is 4. The first-order chi connectivity index (χ1) is 9.58. The lowest BCUT2D eigenvalue weighted by molar-refractivity contribution is -0.384. The zero-order chi connectivity index (χ0) is 14.7. The maximum absolute atomic E-state index is 12.5. The Labute approximate surface area is 116 Å². The summed E-state index contributed by atoms with van der Waals surface area (Å²) in [5.74, 6) is -0.233. The van der Waals surface area contributed by atoms with Gasteiger partial charge in [0, 0.05) is 19.2 Å². The number of aromatic nitrogens is 1. The van der Waals surface area contributed by atoms with Crippen LogP contribution in [0.1, 0.15) is 36.7 Å². The van der Waals surface area contributed by atoms with E-state index in [1.807, 2.05) is 6.92 Å². The highest BCUT2D eigenvalue weighted by molar-refractivity contribution is 5.94. The molecular weight excluding hydrogens is 262 g/mol. The molecule has 1 amide bonds. The lowest BCUT2D eigenvalue weighted by Crippen LogP contribution is -2.38. The van der Waals surface area contributed by atoms with Gasteiger partial charge in [-0.1, -0.05) is 6.92 Å². The van der Waals surface area contributed by atoms with Crippen LogP contribution in [0.4, 0.5) is 5.69 Å². The van der Waals surface area contributed by atoms with Gasteiger partial charge in [0.25, 0.3) is 11.6 Å². The van der Waals surface area contributed by atoms with Gasteiger partial charge < -0.3 is 14.6 Å². The molecule has 1 aromatic rings. The molecule has 0 radical (unpaired) electrons. The van der Waals surface area contributed by atoms with Crippen LogP contribution in [0.25, 0.3) is 0 Å². The van der Waals surface area contributed by atoms with Crippen LogP contribution in [-0.2, 0) is 6.54 Å². The second-order valence-electron chi connectivity index (χ2n) is 5.01. The molecule has 1 fully saturated rings. The molecule has 1 aliphatic rings. The Morgan fingerprint density at radius 3 is 2.95 bits per heavy atom. The second kappa shape index (κ2) is 6.04. The first-order valence-electron chi connectivity index (χ1n) is 6.84. The number of nitrogens with zero attached hydrogens (tertiary/aromatic N) is 3. The number of aryl methyl sites for hydroxylation is 1. The standard InChI is InChI=1S/C13H19N3O4/c1-2-5-14-8-11(16(19)20)7-12(14)13(18)15-6-3-4-10(15)9-17/h7-8,10,17H,2-6,9H2,1H3/t10-/m0/s1. The third kappa shape index (κ3) is 2.67. The van der Waals surface area contributed by atoms with Gasteiger partial charge in [0.15, 0.2) is 0 Å². The van der Waals surface area contributed by atoms with Crippen LogP contribution < -0.4 is 0 Å². The summed E-state index contributed by atoms with van der Waals surface area (Å²) in [5.41, 5.74) is 0.264. The molecule has 110 valence electrons. The Hall–Kier alpha value is -1.89. The first-order valence-corrected chi connectivity index (χ1v) is 6.84. The SMILES string of the molecule is CCCn1cc([N+](=O)[O-])cc1C(=O)N1CCC[C@H]1CO. The zero-order valence-electron chi connectivity index (χ0n) is 11.5. The number of carbonyl (C=O) groups excluding carboxylic acids is 1. The van der Waals surface area contributed by atoms with Crippen molar-refractivity contribution < 1.29 is 14.8 Å². The van der Waals surface area contributed by atoms with Gasteiger partial charge in [0.05, 0.1) is 23.8 Å². The largest absolute Gasteiger partial charge is 0.394 e. The molecule has 1 aromatic heterocycles. The minimum atomic E-state index is -0.490. The number of likely N-dealkylation sites (tertiary alicyclic amines) is 1. The number of rotatable bonds is 5. The average Bonchev–Trinajstić information content (AvgIpc) is 3.04. The molecule has 0 saturated carbocycles. The third-order valence-corrected chi connectivity index (χ3v) is 3.63. The van der Waals surface area contributed by atoms with Crippen LogP contribution in [-0.4, -0.2) is 44.6 Å². The number of aliphatic hydroxyl groups is 1. The predicted octanol–water partition coefficient (Wildman–Crippen LogP) is 1.40. The minimum absolute atomic E-state index is 0.0671. The van der Waals surface area contributed by atoms with E-state index in [0.29, 0.717) is 18.8 Å². The Balaban J connectivity index is 2.30. The van der Waals surface area contributed by atoms with Gasteiger partial charge in [-0.25, -0.2) is 0 Å². The van der Waals surface area contributed by atoms with E-state index < -0.39 is 4.92 Å². The van der Waals surface area contributed by atoms with Crippen molar-refractivity contribution in [3.63, 3.8) is 0 Å². The van der Waals surface area contributed by atoms with Crippen molar-refractivity contribution in [2.75, 3.05) is 13.2 Å². The molecule has 7 nitrogen and oxygen atoms in total. The first kappa shape index (κ1) is 14.5. The number of amides is 1. The van der Waals surface area contributed by atoms with Crippen LogP contribution in [0.5, 0.6) is 0 Å². The molecule has 1 atom stereocenters. The van der Waals surface area contributed by atoms with Crippen molar-refractivity contribution in [3.8, 4) is 0 Å². The Bertz CT molecular complexity index is 512.